The van der Waals surface area contributed by atoms with Crippen LogP contribution in [0.2, 0.25) is 0 Å². The van der Waals surface area contributed by atoms with E-state index in [-0.39, 0.29) is 76.4 Å². The van der Waals surface area contributed by atoms with Crippen LogP contribution in [0.4, 0.5) is 0 Å². The third-order valence-electron chi connectivity index (χ3n) is 10.4. The highest BCUT2D eigenvalue weighted by atomic mass is 32.2. The SMILES string of the molecule is O=C(O)CCCCCN1C(=O)C2C3CC(C2C1=O)C1C3Sc2[nH]c(=O)sc2[C@@H]1c1ccc(OCC(=O)N2CCCCC2)cc1. The Morgan fingerprint density at radius 3 is 2.41 bits per heavy atom. The van der Waals surface area contributed by atoms with Crippen LogP contribution in [0, 0.1) is 29.6 Å². The lowest BCUT2D eigenvalue weighted by molar-refractivity contribution is -0.141. The minimum absolute atomic E-state index is 0.00396. The smallest absolute Gasteiger partial charge is 0.305 e. The summed E-state index contributed by atoms with van der Waals surface area (Å²) in [6, 6.07) is 7.80. The number of unbranched alkanes of at least 4 members (excludes halogenated alkanes) is 2. The maximum absolute atomic E-state index is 13.7. The molecular formula is C32H37N3O7S2. The van der Waals surface area contributed by atoms with Gasteiger partial charge >= 0.3 is 10.8 Å². The van der Waals surface area contributed by atoms with Gasteiger partial charge in [-0.15, -0.1) is 11.8 Å². The van der Waals surface area contributed by atoms with Crippen LogP contribution in [-0.2, 0) is 19.2 Å². The summed E-state index contributed by atoms with van der Waals surface area (Å²) in [4.78, 5) is 70.5. The van der Waals surface area contributed by atoms with Crippen molar-refractivity contribution in [2.24, 2.45) is 29.6 Å². The van der Waals surface area contributed by atoms with Crippen LogP contribution in [0.15, 0.2) is 34.1 Å². The maximum Gasteiger partial charge on any atom is 0.305 e. The Balaban J connectivity index is 1.09. The average Bonchev–Trinajstić information content (AvgIpc) is 3.76. The van der Waals surface area contributed by atoms with Crippen molar-refractivity contribution in [3.8, 4) is 5.75 Å². The highest BCUT2D eigenvalue weighted by molar-refractivity contribution is 8.00. The van der Waals surface area contributed by atoms with Gasteiger partial charge < -0.3 is 19.7 Å². The molecule has 3 amide bonds. The number of carbonyl (C=O) groups excluding carboxylic acids is 3. The van der Waals surface area contributed by atoms with Gasteiger partial charge in [0.25, 0.3) is 5.91 Å². The maximum atomic E-state index is 13.7. The number of carboxylic acids is 1. The molecule has 1 aromatic heterocycles. The zero-order chi connectivity index (χ0) is 30.5. The number of likely N-dealkylation sites (tertiary alicyclic amines) is 2. The molecule has 3 aliphatic heterocycles. The molecule has 2 N–H and O–H groups in total. The molecule has 2 saturated heterocycles. The Hall–Kier alpha value is -3.12. The monoisotopic (exact) mass is 639 g/mol. The van der Waals surface area contributed by atoms with E-state index in [1.54, 1.807) is 11.8 Å². The Morgan fingerprint density at radius 2 is 1.68 bits per heavy atom. The Morgan fingerprint density at radius 1 is 0.955 bits per heavy atom. The minimum Gasteiger partial charge on any atom is -0.484 e. The van der Waals surface area contributed by atoms with Crippen molar-refractivity contribution in [1.29, 1.82) is 0 Å². The number of nitrogens with one attached hydrogen (secondary N) is 1. The summed E-state index contributed by atoms with van der Waals surface area (Å²) in [5, 5.41) is 9.89. The number of aromatic amines is 1. The van der Waals surface area contributed by atoms with Gasteiger partial charge in [-0.05, 0) is 74.0 Å². The Labute approximate surface area is 263 Å². The summed E-state index contributed by atoms with van der Waals surface area (Å²) in [6.07, 6.45) is 5.95. The molecule has 7 rings (SSSR count). The summed E-state index contributed by atoms with van der Waals surface area (Å²) in [6.45, 7) is 1.92. The fraction of sp³-hybridized carbons (Fsp3) is 0.594. The number of imide groups is 1. The largest absolute Gasteiger partial charge is 0.484 e. The number of thiazole rings is 1. The van der Waals surface area contributed by atoms with E-state index in [0.717, 1.165) is 54.2 Å². The van der Waals surface area contributed by atoms with Crippen LogP contribution >= 0.6 is 23.1 Å². The van der Waals surface area contributed by atoms with Crippen LogP contribution in [0.1, 0.15) is 67.7 Å². The number of ether oxygens (including phenoxy) is 1. The number of amides is 3. The summed E-state index contributed by atoms with van der Waals surface area (Å²) in [5.41, 5.74) is 1.04. The molecule has 0 radical (unpaired) electrons. The van der Waals surface area contributed by atoms with Gasteiger partial charge in [-0.1, -0.05) is 29.9 Å². The first-order valence-corrected chi connectivity index (χ1v) is 17.5. The Kier molecular flexibility index (Phi) is 8.07. The van der Waals surface area contributed by atoms with Crippen molar-refractivity contribution in [3.63, 3.8) is 0 Å². The van der Waals surface area contributed by atoms with Gasteiger partial charge in [0.2, 0.25) is 11.8 Å². The lowest BCUT2D eigenvalue weighted by Crippen LogP contribution is -2.42. The number of nitrogens with zero attached hydrogens (tertiary/aromatic N) is 2. The van der Waals surface area contributed by atoms with Crippen LogP contribution in [-0.4, -0.2) is 75.1 Å². The van der Waals surface area contributed by atoms with Crippen molar-refractivity contribution in [1.82, 2.24) is 14.8 Å². The fourth-order valence-corrected chi connectivity index (χ4v) is 11.4. The molecule has 4 fully saturated rings. The topological polar surface area (TPSA) is 137 Å². The molecule has 44 heavy (non-hydrogen) atoms. The Bertz CT molecular complexity index is 1510. The van der Waals surface area contributed by atoms with E-state index in [0.29, 0.717) is 31.6 Å². The minimum atomic E-state index is -0.834. The van der Waals surface area contributed by atoms with Crippen LogP contribution in [0.5, 0.6) is 5.75 Å². The predicted molar refractivity (Wildman–Crippen MR) is 164 cm³/mol. The first kappa shape index (κ1) is 29.6. The number of H-pyrrole nitrogens is 1. The number of carboxylic acid groups (broad SMARTS) is 1. The molecule has 2 saturated carbocycles. The molecule has 10 nitrogen and oxygen atoms in total. The number of fused-ring (bicyclic) bond motifs is 9. The number of aromatic nitrogens is 1. The first-order chi connectivity index (χ1) is 21.3. The van der Waals surface area contributed by atoms with E-state index in [2.05, 4.69) is 4.98 Å². The summed E-state index contributed by atoms with van der Waals surface area (Å²) < 4.78 is 5.86. The highest BCUT2D eigenvalue weighted by Crippen LogP contribution is 2.68. The molecular weight excluding hydrogens is 602 g/mol. The lowest BCUT2D eigenvalue weighted by Gasteiger charge is -2.43. The second kappa shape index (κ2) is 12.0. The van der Waals surface area contributed by atoms with Crippen LogP contribution in [0.25, 0.3) is 0 Å². The van der Waals surface area contributed by atoms with E-state index >= 15 is 0 Å². The van der Waals surface area contributed by atoms with Crippen molar-refractivity contribution >= 4 is 46.8 Å². The molecule has 2 bridgehead atoms. The predicted octanol–water partition coefficient (Wildman–Crippen LogP) is 3.95. The molecule has 7 atom stereocenters. The number of hydrogen-bond donors (Lipinski definition) is 2. The summed E-state index contributed by atoms with van der Waals surface area (Å²) in [5.74, 6) is -0.874. The van der Waals surface area contributed by atoms with Crippen LogP contribution < -0.4 is 9.61 Å². The second-order valence-corrected chi connectivity index (χ2v) is 15.0. The number of benzene rings is 1. The lowest BCUT2D eigenvalue weighted by atomic mass is 9.68. The number of hydrogen-bond acceptors (Lipinski definition) is 8. The highest BCUT2D eigenvalue weighted by Gasteiger charge is 2.69. The molecule has 12 heteroatoms. The molecule has 234 valence electrons. The van der Waals surface area contributed by atoms with Gasteiger partial charge in [0, 0.05) is 42.1 Å². The third-order valence-corrected chi connectivity index (χ3v) is 13.0. The second-order valence-electron chi connectivity index (χ2n) is 12.8. The van der Waals surface area contributed by atoms with Crippen molar-refractivity contribution < 1.29 is 29.0 Å². The number of aliphatic carboxylic acids is 1. The third kappa shape index (κ3) is 5.17. The van der Waals surface area contributed by atoms with Gasteiger partial charge in [-0.25, -0.2) is 0 Å². The van der Waals surface area contributed by atoms with Crippen molar-refractivity contribution in [3.05, 3.63) is 44.4 Å². The van der Waals surface area contributed by atoms with E-state index in [1.807, 2.05) is 29.2 Å². The van der Waals surface area contributed by atoms with Gasteiger partial charge in [0.15, 0.2) is 6.61 Å². The number of rotatable bonds is 10. The zero-order valence-corrected chi connectivity index (χ0v) is 26.1. The summed E-state index contributed by atoms with van der Waals surface area (Å²) in [7, 11) is 0. The number of carbonyl (C=O) groups is 4. The summed E-state index contributed by atoms with van der Waals surface area (Å²) >= 11 is 2.90. The van der Waals surface area contributed by atoms with Gasteiger partial charge in [-0.2, -0.15) is 0 Å². The fourth-order valence-electron chi connectivity index (χ4n) is 8.55. The van der Waals surface area contributed by atoms with Gasteiger partial charge in [-0.3, -0.25) is 28.9 Å². The van der Waals surface area contributed by atoms with E-state index in [4.69, 9.17) is 9.84 Å². The van der Waals surface area contributed by atoms with E-state index < -0.39 is 5.97 Å². The molecule has 1 aromatic carbocycles. The number of piperidine rings is 1. The quantitative estimate of drug-likeness (QED) is 0.295. The molecule has 4 heterocycles. The molecule has 2 aromatic rings. The zero-order valence-electron chi connectivity index (χ0n) is 24.4. The standard InChI is InChI=1S/C32H37N3O7S2/c36-21(34-12-4-2-5-13-34)16-42-18-10-8-17(9-11-18)23-24-19-15-20(27(24)43-29-28(23)44-32(41)33-29)26-25(19)30(39)35(31(26)40)14-6-1-3-7-22(37)38/h8-11,19-20,23-27H,1-7,12-16H2,(H,33,41)(H,37,38)/t19?,20?,23-,24?,25?,26?,27?/m1/s1. The normalized spacial score (nSPS) is 30.3. The van der Waals surface area contributed by atoms with E-state index in [9.17, 15) is 24.0 Å². The first-order valence-electron chi connectivity index (χ1n) is 15.8. The van der Waals surface area contributed by atoms with Gasteiger partial charge in [0.05, 0.1) is 16.9 Å². The molecule has 6 unspecified atom stereocenters. The van der Waals surface area contributed by atoms with Crippen LogP contribution in [0.3, 0.4) is 0 Å². The molecule has 0 spiro atoms. The molecule has 5 aliphatic rings. The van der Waals surface area contributed by atoms with Gasteiger partial charge in [0.1, 0.15) is 5.75 Å². The van der Waals surface area contributed by atoms with E-state index in [1.165, 1.54) is 16.2 Å². The average molecular weight is 640 g/mol. The van der Waals surface area contributed by atoms with Crippen molar-refractivity contribution in [2.45, 2.75) is 67.6 Å². The van der Waals surface area contributed by atoms with Crippen molar-refractivity contribution in [2.75, 3.05) is 26.2 Å². The number of thioether (sulfide) groups is 1. The molecule has 2 aliphatic carbocycles.